The minimum absolute atomic E-state index is 0.0280. The second-order valence-electron chi connectivity index (χ2n) is 5.58. The Labute approximate surface area is 138 Å². The number of halogens is 1. The zero-order chi connectivity index (χ0) is 16.2. The van der Waals surface area contributed by atoms with Crippen molar-refractivity contribution in [3.8, 4) is 0 Å². The highest BCUT2D eigenvalue weighted by Gasteiger charge is 2.28. The number of aromatic nitrogens is 2. The number of anilines is 1. The number of rotatable bonds is 4. The molecule has 2 aromatic rings. The number of hydrogen-bond donors (Lipinski definition) is 2. The Morgan fingerprint density at radius 1 is 1.39 bits per heavy atom. The first-order valence-corrected chi connectivity index (χ1v) is 7.81. The van der Waals surface area contributed by atoms with Gasteiger partial charge in [-0.05, 0) is 24.1 Å². The topological polar surface area (TPSA) is 78.1 Å². The van der Waals surface area contributed by atoms with Crippen LogP contribution in [0.1, 0.15) is 12.0 Å². The zero-order valence-electron chi connectivity index (χ0n) is 12.5. The number of nitrogens with one attached hydrogen (secondary N) is 2. The van der Waals surface area contributed by atoms with Crippen molar-refractivity contribution in [3.05, 3.63) is 57.5 Å². The van der Waals surface area contributed by atoms with Crippen LogP contribution in [0.25, 0.3) is 0 Å². The molecule has 1 aliphatic heterocycles. The van der Waals surface area contributed by atoms with Crippen molar-refractivity contribution in [2.75, 3.05) is 18.0 Å². The van der Waals surface area contributed by atoms with Crippen LogP contribution in [0.15, 0.2) is 41.3 Å². The lowest BCUT2D eigenvalue weighted by Gasteiger charge is -2.17. The fourth-order valence-electron chi connectivity index (χ4n) is 2.68. The van der Waals surface area contributed by atoms with Crippen LogP contribution in [0.4, 0.5) is 5.69 Å². The number of benzene rings is 1. The summed E-state index contributed by atoms with van der Waals surface area (Å²) in [7, 11) is 0. The number of hydrogen-bond acceptors (Lipinski definition) is 4. The van der Waals surface area contributed by atoms with Gasteiger partial charge >= 0.3 is 0 Å². The van der Waals surface area contributed by atoms with Crippen molar-refractivity contribution in [1.82, 2.24) is 15.5 Å². The Morgan fingerprint density at radius 3 is 2.91 bits per heavy atom. The normalized spacial score (nSPS) is 17.3. The van der Waals surface area contributed by atoms with Crippen LogP contribution in [0.5, 0.6) is 0 Å². The van der Waals surface area contributed by atoms with Crippen LogP contribution < -0.4 is 15.8 Å². The van der Waals surface area contributed by atoms with E-state index in [1.54, 1.807) is 18.3 Å². The number of amides is 1. The van der Waals surface area contributed by atoms with Gasteiger partial charge in [-0.2, -0.15) is 5.10 Å². The van der Waals surface area contributed by atoms with Crippen molar-refractivity contribution < 1.29 is 4.79 Å². The average Bonchev–Trinajstić information content (AvgIpc) is 3.04. The molecule has 1 fully saturated rings. The van der Waals surface area contributed by atoms with Gasteiger partial charge in [-0.25, -0.2) is 5.10 Å². The van der Waals surface area contributed by atoms with Crippen LogP contribution in [-0.2, 0) is 11.3 Å². The van der Waals surface area contributed by atoms with E-state index in [-0.39, 0.29) is 17.4 Å². The molecule has 23 heavy (non-hydrogen) atoms. The molecule has 1 aromatic carbocycles. The van der Waals surface area contributed by atoms with Gasteiger partial charge in [-0.1, -0.05) is 23.7 Å². The Kier molecular flexibility index (Phi) is 4.62. The van der Waals surface area contributed by atoms with Gasteiger partial charge in [0.15, 0.2) is 0 Å². The summed E-state index contributed by atoms with van der Waals surface area (Å²) in [5.41, 5.74) is 1.52. The molecule has 1 aliphatic rings. The highest BCUT2D eigenvalue weighted by atomic mass is 35.5. The molecule has 1 amide bonds. The summed E-state index contributed by atoms with van der Waals surface area (Å²) in [6.45, 7) is 1.82. The number of nitrogens with zero attached hydrogens (tertiary/aromatic N) is 2. The van der Waals surface area contributed by atoms with Crippen LogP contribution in [0.3, 0.4) is 0 Å². The highest BCUT2D eigenvalue weighted by molar-refractivity contribution is 6.30. The Morgan fingerprint density at radius 2 is 2.17 bits per heavy atom. The third-order valence-electron chi connectivity index (χ3n) is 3.95. The Balaban J connectivity index is 1.55. The van der Waals surface area contributed by atoms with E-state index in [4.69, 9.17) is 11.6 Å². The smallest absolute Gasteiger partial charge is 0.266 e. The molecule has 7 heteroatoms. The lowest BCUT2D eigenvalue weighted by Crippen LogP contribution is -2.32. The molecule has 2 heterocycles. The van der Waals surface area contributed by atoms with Crippen LogP contribution in [0, 0.1) is 5.92 Å². The Bertz CT molecular complexity index is 744. The van der Waals surface area contributed by atoms with Gasteiger partial charge in [-0.3, -0.25) is 9.59 Å². The predicted octanol–water partition coefficient (Wildman–Crippen LogP) is 1.57. The van der Waals surface area contributed by atoms with Crippen LogP contribution in [-0.4, -0.2) is 29.2 Å². The van der Waals surface area contributed by atoms with E-state index in [9.17, 15) is 9.59 Å². The number of carbonyl (C=O) groups excluding carboxylic acids is 1. The van der Waals surface area contributed by atoms with E-state index in [1.165, 1.54) is 6.07 Å². The number of H-pyrrole nitrogens is 1. The Hall–Kier alpha value is -2.34. The van der Waals surface area contributed by atoms with Crippen molar-refractivity contribution in [3.63, 3.8) is 0 Å². The molecule has 120 valence electrons. The van der Waals surface area contributed by atoms with E-state index in [2.05, 4.69) is 15.5 Å². The first kappa shape index (κ1) is 15.6. The van der Waals surface area contributed by atoms with E-state index < -0.39 is 0 Å². The molecular weight excluding hydrogens is 316 g/mol. The van der Waals surface area contributed by atoms with Gasteiger partial charge in [0.2, 0.25) is 5.91 Å². The quantitative estimate of drug-likeness (QED) is 0.890. The fraction of sp³-hybridized carbons (Fsp3) is 0.312. The van der Waals surface area contributed by atoms with Gasteiger partial charge in [0, 0.05) is 30.7 Å². The summed E-state index contributed by atoms with van der Waals surface area (Å²) in [6, 6.07) is 8.90. The van der Waals surface area contributed by atoms with Gasteiger partial charge in [0.1, 0.15) is 0 Å². The van der Waals surface area contributed by atoms with E-state index >= 15 is 0 Å². The summed E-state index contributed by atoms with van der Waals surface area (Å²) in [5.74, 6) is -0.0539. The fourth-order valence-corrected chi connectivity index (χ4v) is 2.81. The molecule has 0 aliphatic carbocycles. The second-order valence-corrected chi connectivity index (χ2v) is 6.02. The summed E-state index contributed by atoms with van der Waals surface area (Å²) < 4.78 is 0. The molecule has 1 saturated heterocycles. The maximum Gasteiger partial charge on any atom is 0.266 e. The van der Waals surface area contributed by atoms with Crippen molar-refractivity contribution in [2.24, 2.45) is 5.92 Å². The molecule has 3 rings (SSSR count). The predicted molar refractivity (Wildman–Crippen MR) is 88.5 cm³/mol. The van der Waals surface area contributed by atoms with Gasteiger partial charge in [0.25, 0.3) is 5.56 Å². The maximum atomic E-state index is 12.3. The standard InChI is InChI=1S/C16H17ClN4O2/c17-13-3-1-11(2-4-13)8-18-16(23)12-5-6-21(10-12)14-7-15(22)20-19-9-14/h1-4,7,9,12H,5-6,8,10H2,(H,18,23)(H,20,22). The second kappa shape index (κ2) is 6.83. The number of aromatic amines is 1. The first-order valence-electron chi connectivity index (χ1n) is 7.43. The monoisotopic (exact) mass is 332 g/mol. The van der Waals surface area contributed by atoms with Crippen LogP contribution >= 0.6 is 11.6 Å². The zero-order valence-corrected chi connectivity index (χ0v) is 13.2. The minimum Gasteiger partial charge on any atom is -0.369 e. The third-order valence-corrected chi connectivity index (χ3v) is 4.21. The van der Waals surface area contributed by atoms with E-state index in [0.717, 1.165) is 24.2 Å². The summed E-state index contributed by atoms with van der Waals surface area (Å²) >= 11 is 5.84. The van der Waals surface area contributed by atoms with E-state index in [1.807, 2.05) is 17.0 Å². The molecule has 0 spiro atoms. The van der Waals surface area contributed by atoms with E-state index in [0.29, 0.717) is 18.1 Å². The summed E-state index contributed by atoms with van der Waals surface area (Å²) in [5, 5.41) is 9.77. The van der Waals surface area contributed by atoms with Gasteiger partial charge in [-0.15, -0.1) is 0 Å². The largest absolute Gasteiger partial charge is 0.369 e. The lowest BCUT2D eigenvalue weighted by molar-refractivity contribution is -0.124. The molecule has 0 bridgehead atoms. The average molecular weight is 333 g/mol. The highest BCUT2D eigenvalue weighted by Crippen LogP contribution is 2.22. The minimum atomic E-state index is -0.238. The summed E-state index contributed by atoms with van der Waals surface area (Å²) in [4.78, 5) is 25.6. The van der Waals surface area contributed by atoms with Gasteiger partial charge in [0.05, 0.1) is 17.8 Å². The van der Waals surface area contributed by atoms with Crippen LogP contribution in [0.2, 0.25) is 5.02 Å². The molecule has 0 saturated carbocycles. The van der Waals surface area contributed by atoms with Gasteiger partial charge < -0.3 is 10.2 Å². The lowest BCUT2D eigenvalue weighted by atomic mass is 10.1. The molecule has 0 radical (unpaired) electrons. The SMILES string of the molecule is O=C(NCc1ccc(Cl)cc1)C1CCN(c2cn[nH]c(=O)c2)C1. The van der Waals surface area contributed by atoms with Crippen molar-refractivity contribution in [2.45, 2.75) is 13.0 Å². The summed E-state index contributed by atoms with van der Waals surface area (Å²) in [6.07, 6.45) is 2.37. The first-order chi connectivity index (χ1) is 11.1. The maximum absolute atomic E-state index is 12.3. The molecule has 2 N–H and O–H groups in total. The molecule has 1 aromatic heterocycles. The van der Waals surface area contributed by atoms with Crippen molar-refractivity contribution >= 4 is 23.2 Å². The number of carbonyl (C=O) groups is 1. The molecule has 6 nitrogen and oxygen atoms in total. The van der Waals surface area contributed by atoms with Crippen molar-refractivity contribution in [1.29, 1.82) is 0 Å². The third kappa shape index (κ3) is 3.90. The molecule has 1 atom stereocenters. The molecular formula is C16H17ClN4O2. The molecule has 1 unspecified atom stereocenters.